The molecule has 0 aliphatic carbocycles. The summed E-state index contributed by atoms with van der Waals surface area (Å²) in [6.45, 7) is 0. The van der Waals surface area contributed by atoms with Gasteiger partial charge in [0.05, 0.1) is 11.6 Å². The Bertz CT molecular complexity index is 597. The highest BCUT2D eigenvalue weighted by molar-refractivity contribution is 5.68. The molecule has 2 aromatic rings. The number of phenolic OH excluding ortho intramolecular Hbond substituents is 2. The zero-order valence-electron chi connectivity index (χ0n) is 8.68. The predicted molar refractivity (Wildman–Crippen MR) is 59.9 cm³/mol. The molecule has 0 spiro atoms. The second-order valence-electron chi connectivity index (χ2n) is 3.58. The summed E-state index contributed by atoms with van der Waals surface area (Å²) in [6.07, 6.45) is 0. The highest BCUT2D eigenvalue weighted by Gasteiger charge is 2.05. The normalized spacial score (nSPS) is 9.88. The Morgan fingerprint density at radius 2 is 1.47 bits per heavy atom. The standard InChI is InChI=1S/C13H8FNO2/c14-11-3-10(5-13(17)6-11)9-1-8(7-15)2-12(16)4-9/h1-6,16-17H. The first kappa shape index (κ1) is 11.0. The molecule has 0 saturated heterocycles. The van der Waals surface area contributed by atoms with Crippen molar-refractivity contribution in [2.24, 2.45) is 0 Å². The van der Waals surface area contributed by atoms with Crippen molar-refractivity contribution < 1.29 is 14.6 Å². The molecule has 0 saturated carbocycles. The van der Waals surface area contributed by atoms with Gasteiger partial charge < -0.3 is 10.2 Å². The zero-order chi connectivity index (χ0) is 12.4. The summed E-state index contributed by atoms with van der Waals surface area (Å²) in [6, 6.07) is 9.67. The third kappa shape index (κ3) is 2.34. The van der Waals surface area contributed by atoms with Gasteiger partial charge in [-0.05, 0) is 41.5 Å². The van der Waals surface area contributed by atoms with E-state index in [0.29, 0.717) is 11.1 Å². The average Bonchev–Trinajstić information content (AvgIpc) is 2.26. The van der Waals surface area contributed by atoms with Crippen LogP contribution >= 0.6 is 0 Å². The van der Waals surface area contributed by atoms with Gasteiger partial charge in [-0.2, -0.15) is 5.26 Å². The van der Waals surface area contributed by atoms with E-state index in [9.17, 15) is 14.6 Å². The number of aromatic hydroxyl groups is 2. The van der Waals surface area contributed by atoms with E-state index in [1.54, 1.807) is 0 Å². The lowest BCUT2D eigenvalue weighted by Crippen LogP contribution is -1.83. The van der Waals surface area contributed by atoms with Crippen LogP contribution in [0.2, 0.25) is 0 Å². The van der Waals surface area contributed by atoms with E-state index >= 15 is 0 Å². The van der Waals surface area contributed by atoms with Crippen molar-refractivity contribution in [3.8, 4) is 28.7 Å². The van der Waals surface area contributed by atoms with Gasteiger partial charge >= 0.3 is 0 Å². The van der Waals surface area contributed by atoms with Gasteiger partial charge in [0.15, 0.2) is 0 Å². The SMILES string of the molecule is N#Cc1cc(O)cc(-c2cc(O)cc(F)c2)c1. The Morgan fingerprint density at radius 1 is 0.882 bits per heavy atom. The maximum Gasteiger partial charge on any atom is 0.127 e. The van der Waals surface area contributed by atoms with Crippen LogP contribution in [0.5, 0.6) is 11.5 Å². The molecule has 4 heteroatoms. The maximum atomic E-state index is 13.1. The van der Waals surface area contributed by atoms with E-state index in [1.807, 2.05) is 6.07 Å². The van der Waals surface area contributed by atoms with E-state index in [2.05, 4.69) is 0 Å². The number of hydrogen-bond donors (Lipinski definition) is 2. The largest absolute Gasteiger partial charge is 0.508 e. The average molecular weight is 229 g/mol. The summed E-state index contributed by atoms with van der Waals surface area (Å²) in [5.41, 5.74) is 1.13. The number of phenols is 2. The lowest BCUT2D eigenvalue weighted by molar-refractivity contribution is 0.469. The van der Waals surface area contributed by atoms with Crippen LogP contribution in [0.15, 0.2) is 36.4 Å². The fraction of sp³-hybridized carbons (Fsp3) is 0. The Balaban J connectivity index is 2.60. The molecule has 17 heavy (non-hydrogen) atoms. The lowest BCUT2D eigenvalue weighted by atomic mass is 10.0. The monoisotopic (exact) mass is 229 g/mol. The molecule has 0 aliphatic rings. The van der Waals surface area contributed by atoms with Crippen LogP contribution < -0.4 is 0 Å². The van der Waals surface area contributed by atoms with Crippen LogP contribution in [0.4, 0.5) is 4.39 Å². The van der Waals surface area contributed by atoms with Gasteiger partial charge in [0.25, 0.3) is 0 Å². The minimum atomic E-state index is -0.582. The third-order valence-corrected chi connectivity index (χ3v) is 2.26. The molecule has 2 aromatic carbocycles. The molecule has 0 heterocycles. The molecule has 2 rings (SSSR count). The van der Waals surface area contributed by atoms with Crippen LogP contribution in [0, 0.1) is 17.1 Å². The summed E-state index contributed by atoms with van der Waals surface area (Å²) in [7, 11) is 0. The summed E-state index contributed by atoms with van der Waals surface area (Å²) in [5.74, 6) is -0.869. The van der Waals surface area contributed by atoms with Crippen molar-refractivity contribution in [3.63, 3.8) is 0 Å². The van der Waals surface area contributed by atoms with Gasteiger partial charge in [-0.3, -0.25) is 0 Å². The number of halogens is 1. The second kappa shape index (κ2) is 4.14. The molecule has 0 fully saturated rings. The van der Waals surface area contributed by atoms with Gasteiger partial charge in [-0.15, -0.1) is 0 Å². The smallest absolute Gasteiger partial charge is 0.127 e. The number of benzene rings is 2. The van der Waals surface area contributed by atoms with E-state index in [1.165, 1.54) is 30.3 Å². The molecular formula is C13H8FNO2. The second-order valence-corrected chi connectivity index (χ2v) is 3.58. The number of nitrogens with zero attached hydrogens (tertiary/aromatic N) is 1. The lowest BCUT2D eigenvalue weighted by Gasteiger charge is -2.04. The molecule has 0 aliphatic heterocycles. The zero-order valence-corrected chi connectivity index (χ0v) is 8.68. The van der Waals surface area contributed by atoms with Crippen molar-refractivity contribution in [1.29, 1.82) is 5.26 Å². The Hall–Kier alpha value is -2.54. The van der Waals surface area contributed by atoms with Gasteiger partial charge in [0, 0.05) is 6.07 Å². The summed E-state index contributed by atoms with van der Waals surface area (Å²) in [5, 5.41) is 27.5. The number of hydrogen-bond acceptors (Lipinski definition) is 3. The minimum absolute atomic E-state index is 0.0807. The van der Waals surface area contributed by atoms with Crippen LogP contribution in [-0.4, -0.2) is 10.2 Å². The van der Waals surface area contributed by atoms with Crippen LogP contribution in [0.1, 0.15) is 5.56 Å². The van der Waals surface area contributed by atoms with Crippen LogP contribution in [0.3, 0.4) is 0 Å². The molecule has 0 radical (unpaired) electrons. The van der Waals surface area contributed by atoms with Crippen molar-refractivity contribution in [3.05, 3.63) is 47.8 Å². The first-order valence-corrected chi connectivity index (χ1v) is 4.82. The van der Waals surface area contributed by atoms with E-state index in [4.69, 9.17) is 5.26 Å². The number of rotatable bonds is 1. The molecule has 2 N–H and O–H groups in total. The molecule has 0 amide bonds. The van der Waals surface area contributed by atoms with Gasteiger partial charge in [-0.25, -0.2) is 4.39 Å². The Labute approximate surface area is 97.0 Å². The molecule has 0 atom stereocenters. The molecule has 3 nitrogen and oxygen atoms in total. The first-order chi connectivity index (χ1) is 8.08. The fourth-order valence-electron chi connectivity index (χ4n) is 1.58. The Kier molecular flexibility index (Phi) is 2.67. The number of nitriles is 1. The fourth-order valence-corrected chi connectivity index (χ4v) is 1.58. The van der Waals surface area contributed by atoms with Crippen molar-refractivity contribution in [2.75, 3.05) is 0 Å². The summed E-state index contributed by atoms with van der Waals surface area (Å²) >= 11 is 0. The molecule has 0 bridgehead atoms. The van der Waals surface area contributed by atoms with Gasteiger partial charge in [0.1, 0.15) is 17.3 Å². The van der Waals surface area contributed by atoms with Gasteiger partial charge in [0.2, 0.25) is 0 Å². The first-order valence-electron chi connectivity index (χ1n) is 4.82. The molecule has 84 valence electrons. The predicted octanol–water partition coefficient (Wildman–Crippen LogP) is 2.78. The highest BCUT2D eigenvalue weighted by atomic mass is 19.1. The highest BCUT2D eigenvalue weighted by Crippen LogP contribution is 2.28. The van der Waals surface area contributed by atoms with E-state index < -0.39 is 5.82 Å². The minimum Gasteiger partial charge on any atom is -0.508 e. The molecular weight excluding hydrogens is 221 g/mol. The van der Waals surface area contributed by atoms with Gasteiger partial charge in [-0.1, -0.05) is 0 Å². The van der Waals surface area contributed by atoms with Crippen molar-refractivity contribution >= 4 is 0 Å². The Morgan fingerprint density at radius 3 is 2.06 bits per heavy atom. The third-order valence-electron chi connectivity index (χ3n) is 2.26. The maximum absolute atomic E-state index is 13.1. The van der Waals surface area contributed by atoms with E-state index in [0.717, 1.165) is 6.07 Å². The quantitative estimate of drug-likeness (QED) is 0.790. The topological polar surface area (TPSA) is 64.2 Å². The summed E-state index contributed by atoms with van der Waals surface area (Å²) < 4.78 is 13.1. The van der Waals surface area contributed by atoms with E-state index in [-0.39, 0.29) is 17.1 Å². The van der Waals surface area contributed by atoms with Crippen molar-refractivity contribution in [2.45, 2.75) is 0 Å². The van der Waals surface area contributed by atoms with Crippen LogP contribution in [-0.2, 0) is 0 Å². The van der Waals surface area contributed by atoms with Crippen molar-refractivity contribution in [1.82, 2.24) is 0 Å². The van der Waals surface area contributed by atoms with Crippen LogP contribution in [0.25, 0.3) is 11.1 Å². The summed E-state index contributed by atoms with van der Waals surface area (Å²) in [4.78, 5) is 0. The molecule has 0 aromatic heterocycles. The molecule has 0 unspecified atom stereocenters.